The van der Waals surface area contributed by atoms with E-state index in [1.165, 1.54) is 0 Å². The van der Waals surface area contributed by atoms with Gasteiger partial charge in [0.25, 0.3) is 0 Å². The second-order valence-electron chi connectivity index (χ2n) is 5.30. The molecule has 0 spiro atoms. The average Bonchev–Trinajstić information content (AvgIpc) is 2.62. The van der Waals surface area contributed by atoms with Crippen molar-refractivity contribution in [1.82, 2.24) is 9.88 Å². The molecule has 0 radical (unpaired) electrons. The highest BCUT2D eigenvalue weighted by molar-refractivity contribution is 6.64. The van der Waals surface area contributed by atoms with E-state index in [0.717, 1.165) is 0 Å². The van der Waals surface area contributed by atoms with Gasteiger partial charge in [0.2, 0.25) is 5.88 Å². The monoisotopic (exact) mass is 387 g/mol. The highest BCUT2D eigenvalue weighted by Gasteiger charge is 2.22. The topological polar surface area (TPSA) is 85.3 Å². The minimum Gasteiger partial charge on any atom is -0.477 e. The van der Waals surface area contributed by atoms with Crippen LogP contribution in [0.25, 0.3) is 11.1 Å². The molecular weight excluding hydrogens is 373 g/mol. The van der Waals surface area contributed by atoms with Gasteiger partial charge in [0.05, 0.1) is 6.61 Å². The molecule has 1 aromatic carbocycles. The Morgan fingerprint density at radius 3 is 2.31 bits per heavy atom. The van der Waals surface area contributed by atoms with E-state index >= 15 is 0 Å². The van der Waals surface area contributed by atoms with E-state index in [9.17, 15) is 10.5 Å². The Morgan fingerprint density at radius 1 is 1.19 bits per heavy atom. The quantitative estimate of drug-likeness (QED) is 0.442. The molecule has 0 aliphatic rings. The van der Waals surface area contributed by atoms with Crippen LogP contribution < -0.4 is 4.74 Å². The zero-order valence-electron chi connectivity index (χ0n) is 14.4. The van der Waals surface area contributed by atoms with Gasteiger partial charge in [-0.05, 0) is 36.2 Å². The normalized spacial score (nSPS) is 10.8. The zero-order chi connectivity index (χ0) is 19.3. The first-order valence-corrected chi connectivity index (χ1v) is 8.36. The fourth-order valence-electron chi connectivity index (χ4n) is 2.18. The number of nitriles is 2. The van der Waals surface area contributed by atoms with Gasteiger partial charge in [0.15, 0.2) is 11.1 Å². The molecule has 132 valence electrons. The number of aromatic nitrogens is 1. The standard InChI is InChI=1S/C18H15Cl2N5O/c1-4-26-17-14(10-22)15(11-5-7-12(19)8-6-11)13(9-21)16(23-17)24-18(20)25(2)3/h5-8H,4H2,1-3H3. The van der Waals surface area contributed by atoms with Crippen LogP contribution in [0.3, 0.4) is 0 Å². The number of nitrogens with zero attached hydrogens (tertiary/aromatic N) is 5. The van der Waals surface area contributed by atoms with Crippen molar-refractivity contribution in [2.75, 3.05) is 20.7 Å². The van der Waals surface area contributed by atoms with Gasteiger partial charge in [0.1, 0.15) is 23.3 Å². The Bertz CT molecular complexity index is 925. The first kappa shape index (κ1) is 19.5. The SMILES string of the molecule is CCOc1nc(N=C(Cl)N(C)C)c(C#N)c(-c2ccc(Cl)cc2)c1C#N. The molecule has 1 heterocycles. The summed E-state index contributed by atoms with van der Waals surface area (Å²) in [6.07, 6.45) is 0. The maximum absolute atomic E-state index is 9.72. The van der Waals surface area contributed by atoms with Crippen LogP contribution in [0.1, 0.15) is 18.1 Å². The molecule has 0 fully saturated rings. The van der Waals surface area contributed by atoms with E-state index in [-0.39, 0.29) is 28.1 Å². The van der Waals surface area contributed by atoms with Gasteiger partial charge in [-0.15, -0.1) is 0 Å². The number of hydrogen-bond donors (Lipinski definition) is 0. The molecule has 0 aliphatic carbocycles. The Morgan fingerprint density at radius 2 is 1.81 bits per heavy atom. The maximum atomic E-state index is 9.72. The molecule has 6 nitrogen and oxygen atoms in total. The maximum Gasteiger partial charge on any atom is 0.234 e. The zero-order valence-corrected chi connectivity index (χ0v) is 15.9. The van der Waals surface area contributed by atoms with Crippen molar-refractivity contribution in [2.24, 2.45) is 4.99 Å². The second-order valence-corrected chi connectivity index (χ2v) is 6.08. The molecule has 0 N–H and O–H groups in total. The van der Waals surface area contributed by atoms with Gasteiger partial charge in [0, 0.05) is 24.7 Å². The Kier molecular flexibility index (Phi) is 6.41. The van der Waals surface area contributed by atoms with Crippen molar-refractivity contribution >= 4 is 34.3 Å². The summed E-state index contributed by atoms with van der Waals surface area (Å²) in [4.78, 5) is 10.0. The molecule has 0 saturated heterocycles. The van der Waals surface area contributed by atoms with Crippen molar-refractivity contribution in [3.63, 3.8) is 0 Å². The van der Waals surface area contributed by atoms with Crippen LogP contribution in [0, 0.1) is 22.7 Å². The van der Waals surface area contributed by atoms with E-state index in [0.29, 0.717) is 22.8 Å². The lowest BCUT2D eigenvalue weighted by molar-refractivity contribution is 0.326. The number of pyridine rings is 1. The fourth-order valence-corrected chi connectivity index (χ4v) is 2.38. The Balaban J connectivity index is 2.88. The number of rotatable bonds is 4. The van der Waals surface area contributed by atoms with Crippen molar-refractivity contribution in [1.29, 1.82) is 10.5 Å². The lowest BCUT2D eigenvalue weighted by atomic mass is 9.96. The number of benzene rings is 1. The van der Waals surface area contributed by atoms with Gasteiger partial charge in [-0.3, -0.25) is 0 Å². The van der Waals surface area contributed by atoms with Crippen LogP contribution in [-0.2, 0) is 0 Å². The van der Waals surface area contributed by atoms with Crippen molar-refractivity contribution in [3.05, 3.63) is 40.4 Å². The molecule has 1 aromatic heterocycles. The van der Waals surface area contributed by atoms with Crippen LogP contribution in [0.2, 0.25) is 5.02 Å². The summed E-state index contributed by atoms with van der Waals surface area (Å²) >= 11 is 12.1. The summed E-state index contributed by atoms with van der Waals surface area (Å²) in [5.41, 5.74) is 1.30. The Hall–Kier alpha value is -2.80. The summed E-state index contributed by atoms with van der Waals surface area (Å²) in [6.45, 7) is 2.08. The van der Waals surface area contributed by atoms with Crippen LogP contribution in [0.15, 0.2) is 29.3 Å². The van der Waals surface area contributed by atoms with Gasteiger partial charge in [-0.1, -0.05) is 23.7 Å². The van der Waals surface area contributed by atoms with Crippen LogP contribution in [0.4, 0.5) is 5.82 Å². The van der Waals surface area contributed by atoms with E-state index in [4.69, 9.17) is 27.9 Å². The smallest absolute Gasteiger partial charge is 0.234 e. The summed E-state index contributed by atoms with van der Waals surface area (Å²) in [6, 6.07) is 10.9. The third-order valence-electron chi connectivity index (χ3n) is 3.35. The number of halogens is 2. The van der Waals surface area contributed by atoms with E-state index in [1.54, 1.807) is 50.2 Å². The molecular formula is C18H15Cl2N5O. The second kappa shape index (κ2) is 8.53. The highest BCUT2D eigenvalue weighted by Crippen LogP contribution is 2.37. The van der Waals surface area contributed by atoms with Gasteiger partial charge in [-0.25, -0.2) is 0 Å². The molecule has 2 rings (SSSR count). The minimum atomic E-state index is 0.0820. The lowest BCUT2D eigenvalue weighted by Gasteiger charge is -2.14. The largest absolute Gasteiger partial charge is 0.477 e. The summed E-state index contributed by atoms with van der Waals surface area (Å²) < 4.78 is 5.50. The lowest BCUT2D eigenvalue weighted by Crippen LogP contribution is -2.16. The van der Waals surface area contributed by atoms with E-state index < -0.39 is 0 Å². The molecule has 8 heteroatoms. The van der Waals surface area contributed by atoms with Crippen molar-refractivity contribution < 1.29 is 4.74 Å². The molecule has 0 bridgehead atoms. The highest BCUT2D eigenvalue weighted by atomic mass is 35.5. The fraction of sp³-hybridized carbons (Fsp3) is 0.222. The summed E-state index contributed by atoms with van der Waals surface area (Å²) in [5.74, 6) is 0.180. The Labute approximate surface area is 161 Å². The number of ether oxygens (including phenoxy) is 1. The molecule has 0 amide bonds. The van der Waals surface area contributed by atoms with Gasteiger partial charge in [-0.2, -0.15) is 20.5 Å². The molecule has 0 unspecified atom stereocenters. The third-order valence-corrected chi connectivity index (χ3v) is 4.02. The molecule has 0 saturated carbocycles. The van der Waals surface area contributed by atoms with Crippen LogP contribution >= 0.6 is 23.2 Å². The third kappa shape index (κ3) is 4.05. The predicted molar refractivity (Wildman–Crippen MR) is 102 cm³/mol. The van der Waals surface area contributed by atoms with Crippen LogP contribution in [-0.4, -0.2) is 35.9 Å². The first-order valence-electron chi connectivity index (χ1n) is 7.61. The molecule has 2 aromatic rings. The van der Waals surface area contributed by atoms with Crippen LogP contribution in [0.5, 0.6) is 5.88 Å². The molecule has 0 aliphatic heterocycles. The molecule has 26 heavy (non-hydrogen) atoms. The van der Waals surface area contributed by atoms with Gasteiger partial charge < -0.3 is 9.64 Å². The van der Waals surface area contributed by atoms with E-state index in [2.05, 4.69) is 22.1 Å². The van der Waals surface area contributed by atoms with E-state index in [1.807, 2.05) is 0 Å². The number of amidine groups is 1. The number of aliphatic imine (C=N–C) groups is 1. The van der Waals surface area contributed by atoms with Gasteiger partial charge >= 0.3 is 0 Å². The average molecular weight is 388 g/mol. The number of hydrogen-bond acceptors (Lipinski definition) is 5. The predicted octanol–water partition coefficient (Wildman–Crippen LogP) is 4.33. The minimum absolute atomic E-state index is 0.0820. The summed E-state index contributed by atoms with van der Waals surface area (Å²) in [7, 11) is 3.43. The van der Waals surface area contributed by atoms with Crippen molar-refractivity contribution in [3.8, 4) is 29.1 Å². The molecule has 0 atom stereocenters. The first-order chi connectivity index (χ1) is 12.4. The van der Waals surface area contributed by atoms with Crippen molar-refractivity contribution in [2.45, 2.75) is 6.92 Å². The summed E-state index contributed by atoms with van der Waals surface area (Å²) in [5, 5.41) is 20.0.